The third-order valence-electron chi connectivity index (χ3n) is 3.39. The first-order valence-corrected chi connectivity index (χ1v) is 8.79. The Bertz CT molecular complexity index is 725. The maximum atomic E-state index is 12.0. The third kappa shape index (κ3) is 3.61. The molecule has 3 heterocycles. The molecule has 3 rings (SSSR count). The summed E-state index contributed by atoms with van der Waals surface area (Å²) in [5.41, 5.74) is -0.685. The molecular weight excluding hydrogens is 330 g/mol. The van der Waals surface area contributed by atoms with E-state index >= 15 is 0 Å². The van der Waals surface area contributed by atoms with E-state index in [1.54, 1.807) is 29.5 Å². The number of hydrogen-bond acceptors (Lipinski definition) is 5. The van der Waals surface area contributed by atoms with Crippen molar-refractivity contribution in [3.63, 3.8) is 0 Å². The zero-order valence-electron chi connectivity index (χ0n) is 12.1. The van der Waals surface area contributed by atoms with E-state index in [1.165, 1.54) is 23.7 Å². The number of carbonyl (C=O) groups excluding carboxylic acids is 1. The van der Waals surface area contributed by atoms with Gasteiger partial charge in [-0.05, 0) is 46.5 Å². The second-order valence-electron chi connectivity index (χ2n) is 4.92. The van der Waals surface area contributed by atoms with Gasteiger partial charge < -0.3 is 14.8 Å². The molecule has 0 bridgehead atoms. The monoisotopic (exact) mass is 345 g/mol. The average Bonchev–Trinajstić information content (AvgIpc) is 3.33. The predicted molar refractivity (Wildman–Crippen MR) is 92.4 cm³/mol. The third-order valence-corrected chi connectivity index (χ3v) is 4.91. The Morgan fingerprint density at radius 3 is 2.87 bits per heavy atom. The van der Waals surface area contributed by atoms with Gasteiger partial charge in [0.2, 0.25) is 5.91 Å². The van der Waals surface area contributed by atoms with E-state index in [1.807, 2.05) is 34.3 Å². The largest absolute Gasteiger partial charge is 0.466 e. The van der Waals surface area contributed by atoms with E-state index in [0.717, 1.165) is 4.88 Å². The van der Waals surface area contributed by atoms with Crippen molar-refractivity contribution in [2.75, 3.05) is 6.54 Å². The summed E-state index contributed by atoms with van der Waals surface area (Å²) in [6.07, 6.45) is 4.71. The zero-order chi connectivity index (χ0) is 16.1. The topological polar surface area (TPSA) is 62.5 Å². The fourth-order valence-corrected chi connectivity index (χ4v) is 3.50. The van der Waals surface area contributed by atoms with Crippen molar-refractivity contribution in [2.45, 2.75) is 5.60 Å². The first-order valence-electron chi connectivity index (χ1n) is 6.97. The first kappa shape index (κ1) is 15.7. The predicted octanol–water partition coefficient (Wildman–Crippen LogP) is 3.47. The highest BCUT2D eigenvalue weighted by Gasteiger charge is 2.35. The Labute approximate surface area is 141 Å². The van der Waals surface area contributed by atoms with Crippen LogP contribution in [0.5, 0.6) is 0 Å². The number of nitrogens with one attached hydrogen (secondary N) is 1. The van der Waals surface area contributed by atoms with Crippen LogP contribution in [0.3, 0.4) is 0 Å². The number of aliphatic hydroxyl groups is 1. The molecule has 1 amide bonds. The van der Waals surface area contributed by atoms with Gasteiger partial charge in [0, 0.05) is 16.5 Å². The Morgan fingerprint density at radius 2 is 2.22 bits per heavy atom. The van der Waals surface area contributed by atoms with Gasteiger partial charge in [0.25, 0.3) is 0 Å². The van der Waals surface area contributed by atoms with Crippen molar-refractivity contribution in [2.24, 2.45) is 0 Å². The minimum Gasteiger partial charge on any atom is -0.466 e. The summed E-state index contributed by atoms with van der Waals surface area (Å²) in [4.78, 5) is 13.0. The Balaban J connectivity index is 1.71. The van der Waals surface area contributed by atoms with Gasteiger partial charge >= 0.3 is 0 Å². The van der Waals surface area contributed by atoms with Gasteiger partial charge in [-0.15, -0.1) is 11.3 Å². The van der Waals surface area contributed by atoms with Crippen LogP contribution < -0.4 is 5.32 Å². The molecule has 3 aromatic rings. The summed E-state index contributed by atoms with van der Waals surface area (Å²) in [6, 6.07) is 9.09. The molecule has 0 saturated carbocycles. The molecule has 23 heavy (non-hydrogen) atoms. The number of carbonyl (C=O) groups is 1. The molecular formula is C17H15NO3S2. The maximum absolute atomic E-state index is 12.0. The normalized spacial score (nSPS) is 14.0. The smallest absolute Gasteiger partial charge is 0.244 e. The molecule has 1 atom stereocenters. The molecule has 0 radical (unpaired) electrons. The standard InChI is InChI=1S/C17H15NO3S2/c19-16(6-5-14-3-2-9-23-14)18-12-17(20,13-7-10-22-11-13)15-4-1-8-21-15/h1-11,20H,12H2,(H,18,19)/b6-5+/t17-/m0/s1. The van der Waals surface area contributed by atoms with E-state index in [9.17, 15) is 9.90 Å². The fraction of sp³-hybridized carbons (Fsp3) is 0.118. The van der Waals surface area contributed by atoms with Crippen LogP contribution in [-0.2, 0) is 10.4 Å². The molecule has 0 aliphatic carbocycles. The Hall–Kier alpha value is -2.15. The lowest BCUT2D eigenvalue weighted by Crippen LogP contribution is -2.40. The number of hydrogen-bond donors (Lipinski definition) is 2. The highest BCUT2D eigenvalue weighted by atomic mass is 32.1. The summed E-state index contributed by atoms with van der Waals surface area (Å²) in [7, 11) is 0. The summed E-state index contributed by atoms with van der Waals surface area (Å²) >= 11 is 3.03. The van der Waals surface area contributed by atoms with Gasteiger partial charge in [-0.2, -0.15) is 11.3 Å². The van der Waals surface area contributed by atoms with Crippen LogP contribution in [0.15, 0.2) is 63.2 Å². The van der Waals surface area contributed by atoms with Crippen LogP contribution in [0.1, 0.15) is 16.2 Å². The average molecular weight is 345 g/mol. The Morgan fingerprint density at radius 1 is 1.30 bits per heavy atom. The van der Waals surface area contributed by atoms with E-state index in [4.69, 9.17) is 4.42 Å². The molecule has 0 saturated heterocycles. The molecule has 0 fully saturated rings. The summed E-state index contributed by atoms with van der Waals surface area (Å²) in [6.45, 7) is 0.0326. The van der Waals surface area contributed by atoms with Gasteiger partial charge in [-0.25, -0.2) is 0 Å². The second-order valence-corrected chi connectivity index (χ2v) is 6.68. The molecule has 3 aromatic heterocycles. The van der Waals surface area contributed by atoms with Crippen molar-refractivity contribution in [3.8, 4) is 0 Å². The molecule has 0 spiro atoms. The highest BCUT2D eigenvalue weighted by molar-refractivity contribution is 7.10. The number of furan rings is 1. The lowest BCUT2D eigenvalue weighted by atomic mass is 9.93. The van der Waals surface area contributed by atoms with Crippen LogP contribution in [0.2, 0.25) is 0 Å². The van der Waals surface area contributed by atoms with E-state index in [0.29, 0.717) is 11.3 Å². The number of thiophene rings is 2. The van der Waals surface area contributed by atoms with Crippen LogP contribution in [0.25, 0.3) is 6.08 Å². The maximum Gasteiger partial charge on any atom is 0.244 e. The van der Waals surface area contributed by atoms with Gasteiger partial charge in [0.15, 0.2) is 5.60 Å². The van der Waals surface area contributed by atoms with Crippen molar-refractivity contribution in [1.29, 1.82) is 0 Å². The number of rotatable bonds is 6. The second kappa shape index (κ2) is 6.95. The van der Waals surface area contributed by atoms with Crippen molar-refractivity contribution in [1.82, 2.24) is 5.32 Å². The summed E-state index contributed by atoms with van der Waals surface area (Å²) < 4.78 is 5.36. The molecule has 0 unspecified atom stereocenters. The molecule has 6 heteroatoms. The van der Waals surface area contributed by atoms with Crippen molar-refractivity contribution >= 4 is 34.7 Å². The van der Waals surface area contributed by atoms with Crippen molar-refractivity contribution in [3.05, 3.63) is 75.0 Å². The molecule has 0 aliphatic rings. The molecule has 0 aliphatic heterocycles. The van der Waals surface area contributed by atoms with Gasteiger partial charge in [-0.3, -0.25) is 4.79 Å². The quantitative estimate of drug-likeness (QED) is 0.673. The lowest BCUT2D eigenvalue weighted by Gasteiger charge is -2.25. The van der Waals surface area contributed by atoms with E-state index < -0.39 is 5.60 Å². The minimum absolute atomic E-state index is 0.0326. The first-order chi connectivity index (χ1) is 11.2. The van der Waals surface area contributed by atoms with Gasteiger partial charge in [0.05, 0.1) is 12.8 Å². The van der Waals surface area contributed by atoms with Crippen LogP contribution >= 0.6 is 22.7 Å². The molecule has 0 aromatic carbocycles. The van der Waals surface area contributed by atoms with Crippen LogP contribution in [0, 0.1) is 0 Å². The summed E-state index contributed by atoms with van der Waals surface area (Å²) in [5, 5.41) is 19.4. The fourth-order valence-electron chi connectivity index (χ4n) is 2.16. The van der Waals surface area contributed by atoms with Gasteiger partial charge in [0.1, 0.15) is 5.76 Å². The van der Waals surface area contributed by atoms with Crippen molar-refractivity contribution < 1.29 is 14.3 Å². The lowest BCUT2D eigenvalue weighted by molar-refractivity contribution is -0.117. The minimum atomic E-state index is -1.38. The zero-order valence-corrected chi connectivity index (χ0v) is 13.8. The van der Waals surface area contributed by atoms with E-state index in [2.05, 4.69) is 5.32 Å². The SMILES string of the molecule is O=C(/C=C/c1cccs1)NC[C@](O)(c1ccsc1)c1ccco1. The summed E-state index contributed by atoms with van der Waals surface area (Å²) in [5.74, 6) is 0.136. The van der Waals surface area contributed by atoms with Gasteiger partial charge in [-0.1, -0.05) is 6.07 Å². The number of amides is 1. The van der Waals surface area contributed by atoms with E-state index in [-0.39, 0.29) is 12.5 Å². The van der Waals surface area contributed by atoms with Crippen LogP contribution in [0.4, 0.5) is 0 Å². The Kier molecular flexibility index (Phi) is 4.76. The molecule has 2 N–H and O–H groups in total. The van der Waals surface area contributed by atoms with Crippen LogP contribution in [-0.4, -0.2) is 17.6 Å². The molecule has 118 valence electrons. The highest BCUT2D eigenvalue weighted by Crippen LogP contribution is 2.30. The molecule has 4 nitrogen and oxygen atoms in total.